The normalized spacial score (nSPS) is 18.7. The lowest BCUT2D eigenvalue weighted by Gasteiger charge is -2.24. The van der Waals surface area contributed by atoms with E-state index in [1.54, 1.807) is 17.5 Å². The summed E-state index contributed by atoms with van der Waals surface area (Å²) in [6.07, 6.45) is 3.31. The number of aryl methyl sites for hydroxylation is 1. The van der Waals surface area contributed by atoms with Gasteiger partial charge < -0.3 is 4.74 Å². The van der Waals surface area contributed by atoms with E-state index in [0.29, 0.717) is 6.54 Å². The maximum Gasteiger partial charge on any atom is 0.236 e. The lowest BCUT2D eigenvalue weighted by atomic mass is 10.0. The van der Waals surface area contributed by atoms with Crippen molar-refractivity contribution < 1.29 is 13.2 Å². The first-order valence-electron chi connectivity index (χ1n) is 8.41. The fraction of sp³-hybridized carbons (Fsp3) is 0.300. The van der Waals surface area contributed by atoms with Crippen LogP contribution in [0.25, 0.3) is 6.08 Å². The minimum absolute atomic E-state index is 0.177. The number of hydrogen-bond donors (Lipinski definition) is 0. The molecule has 1 heterocycles. The Morgan fingerprint density at radius 1 is 1.12 bits per heavy atom. The minimum atomic E-state index is -3.49. The molecule has 1 fully saturated rings. The van der Waals surface area contributed by atoms with Crippen molar-refractivity contribution in [3.05, 3.63) is 70.6 Å². The van der Waals surface area contributed by atoms with Gasteiger partial charge in [-0.1, -0.05) is 48.0 Å². The predicted molar refractivity (Wildman–Crippen MR) is 101 cm³/mol. The first-order chi connectivity index (χ1) is 12.0. The largest absolute Gasteiger partial charge is 0.496 e. The van der Waals surface area contributed by atoms with Gasteiger partial charge in [0.05, 0.1) is 13.2 Å². The van der Waals surface area contributed by atoms with Crippen molar-refractivity contribution in [1.82, 2.24) is 4.31 Å². The molecule has 0 spiro atoms. The summed E-state index contributed by atoms with van der Waals surface area (Å²) in [5.74, 6) is 0.733. The number of hydrogen-bond acceptors (Lipinski definition) is 3. The molecule has 0 aromatic heterocycles. The number of para-hydroxylation sites is 1. The van der Waals surface area contributed by atoms with Crippen molar-refractivity contribution in [3.63, 3.8) is 0 Å². The predicted octanol–water partition coefficient (Wildman–Crippen LogP) is 4.14. The van der Waals surface area contributed by atoms with E-state index in [0.717, 1.165) is 35.3 Å². The zero-order valence-corrected chi connectivity index (χ0v) is 15.4. The molecule has 2 aromatic carbocycles. The maximum absolute atomic E-state index is 12.9. The Morgan fingerprint density at radius 3 is 2.56 bits per heavy atom. The van der Waals surface area contributed by atoms with Crippen molar-refractivity contribution in [2.45, 2.75) is 25.8 Å². The first kappa shape index (κ1) is 17.7. The van der Waals surface area contributed by atoms with Gasteiger partial charge in [-0.3, -0.25) is 0 Å². The Bertz CT molecular complexity index is 857. The Labute approximate surface area is 149 Å². The van der Waals surface area contributed by atoms with Gasteiger partial charge in [-0.15, -0.1) is 0 Å². The van der Waals surface area contributed by atoms with Crippen LogP contribution in [0.2, 0.25) is 0 Å². The van der Waals surface area contributed by atoms with Gasteiger partial charge in [0.15, 0.2) is 0 Å². The number of rotatable bonds is 5. The summed E-state index contributed by atoms with van der Waals surface area (Å²) in [7, 11) is -1.88. The molecule has 25 heavy (non-hydrogen) atoms. The van der Waals surface area contributed by atoms with Crippen LogP contribution < -0.4 is 4.74 Å². The molecule has 1 atom stereocenters. The molecule has 0 N–H and O–H groups in total. The lowest BCUT2D eigenvalue weighted by Crippen LogP contribution is -2.29. The van der Waals surface area contributed by atoms with Crippen molar-refractivity contribution in [2.24, 2.45) is 0 Å². The summed E-state index contributed by atoms with van der Waals surface area (Å²) >= 11 is 0. The van der Waals surface area contributed by atoms with Crippen LogP contribution in [0.1, 0.15) is 35.6 Å². The molecular weight excluding hydrogens is 334 g/mol. The molecule has 1 aliphatic heterocycles. The summed E-state index contributed by atoms with van der Waals surface area (Å²) in [6.45, 7) is 2.54. The van der Waals surface area contributed by atoms with Crippen molar-refractivity contribution in [2.75, 3.05) is 13.7 Å². The van der Waals surface area contributed by atoms with Crippen LogP contribution in [-0.2, 0) is 10.0 Å². The third-order valence-electron chi connectivity index (χ3n) is 4.54. The Kier molecular flexibility index (Phi) is 5.25. The average molecular weight is 357 g/mol. The smallest absolute Gasteiger partial charge is 0.236 e. The molecule has 0 radical (unpaired) electrons. The molecule has 0 amide bonds. The molecule has 5 heteroatoms. The first-order valence-corrected chi connectivity index (χ1v) is 9.91. The van der Waals surface area contributed by atoms with Crippen LogP contribution in [0.3, 0.4) is 0 Å². The SMILES string of the molecule is COc1ccccc1C1CCCN1S(=O)(=O)/C=C/c1ccc(C)cc1. The second kappa shape index (κ2) is 7.42. The molecule has 3 rings (SSSR count). The highest BCUT2D eigenvalue weighted by Crippen LogP contribution is 2.38. The molecule has 0 bridgehead atoms. The summed E-state index contributed by atoms with van der Waals surface area (Å²) in [5.41, 5.74) is 2.95. The van der Waals surface area contributed by atoms with Gasteiger partial charge >= 0.3 is 0 Å². The van der Waals surface area contributed by atoms with E-state index in [1.165, 1.54) is 5.41 Å². The van der Waals surface area contributed by atoms with Gasteiger partial charge in [0.25, 0.3) is 0 Å². The highest BCUT2D eigenvalue weighted by atomic mass is 32.2. The van der Waals surface area contributed by atoms with E-state index < -0.39 is 10.0 Å². The summed E-state index contributed by atoms with van der Waals surface area (Å²) in [5, 5.41) is 1.31. The summed E-state index contributed by atoms with van der Waals surface area (Å²) in [4.78, 5) is 0. The summed E-state index contributed by atoms with van der Waals surface area (Å²) < 4.78 is 32.7. The monoisotopic (exact) mass is 357 g/mol. The fourth-order valence-electron chi connectivity index (χ4n) is 3.22. The highest BCUT2D eigenvalue weighted by Gasteiger charge is 2.35. The third kappa shape index (κ3) is 3.94. The van der Waals surface area contributed by atoms with Crippen LogP contribution in [0, 0.1) is 6.92 Å². The Hall–Kier alpha value is -2.11. The van der Waals surface area contributed by atoms with E-state index >= 15 is 0 Å². The van der Waals surface area contributed by atoms with Gasteiger partial charge in [-0.25, -0.2) is 8.42 Å². The maximum atomic E-state index is 12.9. The summed E-state index contributed by atoms with van der Waals surface area (Å²) in [6, 6.07) is 15.2. The van der Waals surface area contributed by atoms with Gasteiger partial charge in [0, 0.05) is 17.5 Å². The van der Waals surface area contributed by atoms with Crippen LogP contribution in [-0.4, -0.2) is 26.4 Å². The van der Waals surface area contributed by atoms with Gasteiger partial charge in [0.2, 0.25) is 10.0 Å². The number of ether oxygens (including phenoxy) is 1. The molecule has 4 nitrogen and oxygen atoms in total. The molecule has 132 valence electrons. The van der Waals surface area contributed by atoms with Crippen molar-refractivity contribution >= 4 is 16.1 Å². The molecule has 2 aromatic rings. The van der Waals surface area contributed by atoms with E-state index in [4.69, 9.17) is 4.74 Å². The van der Waals surface area contributed by atoms with Crippen molar-refractivity contribution in [1.29, 1.82) is 0 Å². The van der Waals surface area contributed by atoms with Gasteiger partial charge in [-0.2, -0.15) is 4.31 Å². The molecule has 1 unspecified atom stereocenters. The van der Waals surface area contributed by atoms with Gasteiger partial charge in [0.1, 0.15) is 5.75 Å². The zero-order chi connectivity index (χ0) is 17.9. The average Bonchev–Trinajstić information content (AvgIpc) is 3.12. The third-order valence-corrected chi connectivity index (χ3v) is 6.11. The van der Waals surface area contributed by atoms with Crippen molar-refractivity contribution in [3.8, 4) is 5.75 Å². The van der Waals surface area contributed by atoms with Crippen LogP contribution >= 0.6 is 0 Å². The number of methoxy groups -OCH3 is 1. The van der Waals surface area contributed by atoms with Crippen LogP contribution in [0.5, 0.6) is 5.75 Å². The highest BCUT2D eigenvalue weighted by molar-refractivity contribution is 7.92. The molecule has 1 aliphatic rings. The van der Waals surface area contributed by atoms with Gasteiger partial charge in [-0.05, 0) is 37.5 Å². The van der Waals surface area contributed by atoms with E-state index in [-0.39, 0.29) is 6.04 Å². The number of sulfonamides is 1. The number of nitrogens with zero attached hydrogens (tertiary/aromatic N) is 1. The van der Waals surface area contributed by atoms with E-state index in [2.05, 4.69) is 0 Å². The van der Waals surface area contributed by atoms with Crippen LogP contribution in [0.15, 0.2) is 53.9 Å². The van der Waals surface area contributed by atoms with Crippen LogP contribution in [0.4, 0.5) is 0 Å². The molecule has 0 aliphatic carbocycles. The Balaban J connectivity index is 1.86. The molecule has 1 saturated heterocycles. The topological polar surface area (TPSA) is 46.6 Å². The minimum Gasteiger partial charge on any atom is -0.496 e. The van der Waals surface area contributed by atoms with E-state index in [1.807, 2.05) is 55.5 Å². The molecular formula is C20H23NO3S. The fourth-order valence-corrected chi connectivity index (χ4v) is 4.66. The standard InChI is InChI=1S/C20H23NO3S/c1-16-9-11-17(12-10-16)13-15-25(22,23)21-14-5-7-19(21)18-6-3-4-8-20(18)24-2/h3-4,6,8-13,15,19H,5,7,14H2,1-2H3/b15-13+. The Morgan fingerprint density at radius 2 is 1.84 bits per heavy atom. The second-order valence-electron chi connectivity index (χ2n) is 6.27. The number of benzene rings is 2. The zero-order valence-electron chi connectivity index (χ0n) is 14.6. The quantitative estimate of drug-likeness (QED) is 0.808. The van der Waals surface area contributed by atoms with E-state index in [9.17, 15) is 8.42 Å². The second-order valence-corrected chi connectivity index (χ2v) is 8.04. The molecule has 0 saturated carbocycles. The lowest BCUT2D eigenvalue weighted by molar-refractivity contribution is 0.369.